The second kappa shape index (κ2) is 4.84. The Labute approximate surface area is 127 Å². The number of rotatable bonds is 0. The van der Waals surface area contributed by atoms with Crippen LogP contribution in [0.15, 0.2) is 18.2 Å². The Morgan fingerprint density at radius 3 is 2.67 bits per heavy atom. The van der Waals surface area contributed by atoms with Crippen LogP contribution in [0, 0.1) is 12.3 Å². The van der Waals surface area contributed by atoms with E-state index in [0.29, 0.717) is 12.0 Å². The molecule has 2 unspecified atom stereocenters. The molecule has 1 saturated heterocycles. The molecule has 2 atom stereocenters. The number of hydrogen-bond donors (Lipinski definition) is 0. The van der Waals surface area contributed by atoms with Crippen LogP contribution in [0.5, 0.6) is 0 Å². The minimum Gasteiger partial charge on any atom is -0.308 e. The lowest BCUT2D eigenvalue weighted by Crippen LogP contribution is -2.50. The second-order valence-corrected chi connectivity index (χ2v) is 7.71. The molecule has 3 rings (SSSR count). The first-order chi connectivity index (χ1) is 9.79. The summed E-state index contributed by atoms with van der Waals surface area (Å²) in [4.78, 5) is 17.5. The summed E-state index contributed by atoms with van der Waals surface area (Å²) in [6.07, 6.45) is 1.07. The van der Waals surface area contributed by atoms with E-state index in [0.717, 1.165) is 25.2 Å². The minimum absolute atomic E-state index is 0.254. The number of benzene rings is 1. The Morgan fingerprint density at radius 2 is 2.00 bits per heavy atom. The van der Waals surface area contributed by atoms with Crippen LogP contribution in [0.3, 0.4) is 0 Å². The van der Waals surface area contributed by atoms with Crippen LogP contribution in [0.1, 0.15) is 44.2 Å². The Kier molecular flexibility index (Phi) is 3.36. The molecule has 0 radical (unpaired) electrons. The van der Waals surface area contributed by atoms with E-state index in [1.54, 1.807) is 0 Å². The van der Waals surface area contributed by atoms with Gasteiger partial charge in [-0.25, -0.2) is 0 Å². The lowest BCUT2D eigenvalue weighted by molar-refractivity contribution is -0.126. The third-order valence-electron chi connectivity index (χ3n) is 4.81. The van der Waals surface area contributed by atoms with Gasteiger partial charge in [-0.15, -0.1) is 0 Å². The molecule has 0 N–H and O–H groups in total. The van der Waals surface area contributed by atoms with Crippen LogP contribution in [0.2, 0.25) is 0 Å². The highest BCUT2D eigenvalue weighted by atomic mass is 16.2. The molecular formula is C18H26N2O. The average molecular weight is 286 g/mol. The number of anilines is 1. The van der Waals surface area contributed by atoms with Gasteiger partial charge in [0.05, 0.1) is 0 Å². The molecule has 2 aliphatic heterocycles. The fraction of sp³-hybridized carbons (Fsp3) is 0.611. The van der Waals surface area contributed by atoms with Crippen LogP contribution in [0.25, 0.3) is 0 Å². The summed E-state index contributed by atoms with van der Waals surface area (Å²) in [5, 5.41) is 0. The molecule has 2 heterocycles. The normalized spacial score (nSPS) is 25.7. The van der Waals surface area contributed by atoms with Crippen molar-refractivity contribution in [1.29, 1.82) is 0 Å². The SMILES string of the molecule is Cc1ccc2c(c1)C1CN(C)CCC1N2C(=O)C(C)(C)C. The lowest BCUT2D eigenvalue weighted by Gasteiger charge is -2.38. The van der Waals surface area contributed by atoms with E-state index in [9.17, 15) is 4.79 Å². The lowest BCUT2D eigenvalue weighted by atomic mass is 9.88. The van der Waals surface area contributed by atoms with Gasteiger partial charge in [-0.2, -0.15) is 0 Å². The van der Waals surface area contributed by atoms with Crippen molar-refractivity contribution in [3.05, 3.63) is 29.3 Å². The summed E-state index contributed by atoms with van der Waals surface area (Å²) in [6.45, 7) is 10.3. The monoisotopic (exact) mass is 286 g/mol. The number of carbonyl (C=O) groups is 1. The zero-order valence-electron chi connectivity index (χ0n) is 13.8. The first-order valence-electron chi connectivity index (χ1n) is 7.92. The van der Waals surface area contributed by atoms with Crippen molar-refractivity contribution < 1.29 is 4.79 Å². The van der Waals surface area contributed by atoms with Crippen LogP contribution in [0.4, 0.5) is 5.69 Å². The third-order valence-corrected chi connectivity index (χ3v) is 4.81. The minimum atomic E-state index is -0.333. The van der Waals surface area contributed by atoms with Crippen molar-refractivity contribution in [3.63, 3.8) is 0 Å². The Morgan fingerprint density at radius 1 is 1.29 bits per heavy atom. The number of likely N-dealkylation sites (N-methyl/N-ethyl adjacent to an activating group) is 1. The molecule has 0 bridgehead atoms. The summed E-state index contributed by atoms with van der Waals surface area (Å²) in [5.74, 6) is 0.717. The standard InChI is InChI=1S/C18H26N2O/c1-12-6-7-15-13(10-12)14-11-19(5)9-8-16(14)20(15)17(21)18(2,3)4/h6-7,10,14,16H,8-9,11H2,1-5H3. The van der Waals surface area contributed by atoms with E-state index in [-0.39, 0.29) is 11.3 Å². The highest BCUT2D eigenvalue weighted by Gasteiger charge is 2.45. The maximum Gasteiger partial charge on any atom is 0.232 e. The summed E-state index contributed by atoms with van der Waals surface area (Å²) in [7, 11) is 2.18. The van der Waals surface area contributed by atoms with Crippen molar-refractivity contribution >= 4 is 11.6 Å². The molecule has 2 aliphatic rings. The van der Waals surface area contributed by atoms with Gasteiger partial charge >= 0.3 is 0 Å². The van der Waals surface area contributed by atoms with Crippen LogP contribution in [-0.4, -0.2) is 37.0 Å². The quantitative estimate of drug-likeness (QED) is 0.731. The van der Waals surface area contributed by atoms with Gasteiger partial charge in [-0.3, -0.25) is 4.79 Å². The van der Waals surface area contributed by atoms with Crippen molar-refractivity contribution in [1.82, 2.24) is 4.90 Å². The van der Waals surface area contributed by atoms with Crippen molar-refractivity contribution in [2.24, 2.45) is 5.41 Å². The molecule has 0 aromatic heterocycles. The Bertz CT molecular complexity index is 573. The van der Waals surface area contributed by atoms with Gasteiger partial charge in [0.15, 0.2) is 0 Å². The highest BCUT2D eigenvalue weighted by Crippen LogP contribution is 2.46. The van der Waals surface area contributed by atoms with Crippen molar-refractivity contribution in [2.75, 3.05) is 25.0 Å². The molecule has 0 aliphatic carbocycles. The smallest absolute Gasteiger partial charge is 0.232 e. The molecule has 3 heteroatoms. The Hall–Kier alpha value is -1.35. The number of likely N-dealkylation sites (tertiary alicyclic amines) is 1. The van der Waals surface area contributed by atoms with E-state index in [1.807, 2.05) is 20.8 Å². The molecule has 1 aromatic rings. The average Bonchev–Trinajstić information content (AvgIpc) is 2.70. The molecule has 3 nitrogen and oxygen atoms in total. The maximum atomic E-state index is 13.0. The molecule has 1 aromatic carbocycles. The number of carbonyl (C=O) groups excluding carboxylic acids is 1. The van der Waals surface area contributed by atoms with Gasteiger partial charge in [0.25, 0.3) is 0 Å². The van der Waals surface area contributed by atoms with Gasteiger partial charge in [0.1, 0.15) is 0 Å². The largest absolute Gasteiger partial charge is 0.308 e. The maximum absolute atomic E-state index is 13.0. The molecule has 1 amide bonds. The summed E-state index contributed by atoms with van der Waals surface area (Å²) in [5.41, 5.74) is 3.46. The predicted molar refractivity (Wildman–Crippen MR) is 86.8 cm³/mol. The van der Waals surface area contributed by atoms with E-state index >= 15 is 0 Å². The summed E-state index contributed by atoms with van der Waals surface area (Å²) < 4.78 is 0. The molecule has 114 valence electrons. The fourth-order valence-corrected chi connectivity index (χ4v) is 3.71. The molecule has 21 heavy (non-hydrogen) atoms. The van der Waals surface area contributed by atoms with Crippen LogP contribution >= 0.6 is 0 Å². The molecular weight excluding hydrogens is 260 g/mol. The van der Waals surface area contributed by atoms with Crippen molar-refractivity contribution in [3.8, 4) is 0 Å². The van der Waals surface area contributed by atoms with E-state index in [4.69, 9.17) is 0 Å². The topological polar surface area (TPSA) is 23.6 Å². The first kappa shape index (κ1) is 14.6. The zero-order valence-corrected chi connectivity index (χ0v) is 13.8. The van der Waals surface area contributed by atoms with Crippen LogP contribution in [-0.2, 0) is 4.79 Å². The second-order valence-electron chi connectivity index (χ2n) is 7.71. The van der Waals surface area contributed by atoms with E-state index < -0.39 is 0 Å². The van der Waals surface area contributed by atoms with Gasteiger partial charge in [-0.05, 0) is 38.6 Å². The predicted octanol–water partition coefficient (Wildman–Crippen LogP) is 3.18. The summed E-state index contributed by atoms with van der Waals surface area (Å²) >= 11 is 0. The third kappa shape index (κ3) is 2.38. The van der Waals surface area contributed by atoms with Crippen molar-refractivity contribution in [2.45, 2.75) is 46.1 Å². The molecule has 0 saturated carbocycles. The summed E-state index contributed by atoms with van der Waals surface area (Å²) in [6, 6.07) is 6.89. The van der Waals surface area contributed by atoms with Gasteiger partial charge in [0, 0.05) is 29.6 Å². The number of piperidine rings is 1. The molecule has 0 spiro atoms. The zero-order chi connectivity index (χ0) is 15.4. The molecule has 1 fully saturated rings. The van der Waals surface area contributed by atoms with Gasteiger partial charge in [0.2, 0.25) is 5.91 Å². The van der Waals surface area contributed by atoms with E-state index in [2.05, 4.69) is 42.0 Å². The fourth-order valence-electron chi connectivity index (χ4n) is 3.71. The number of hydrogen-bond acceptors (Lipinski definition) is 2. The van der Waals surface area contributed by atoms with Crippen LogP contribution < -0.4 is 4.90 Å². The highest BCUT2D eigenvalue weighted by molar-refractivity contribution is 6.00. The van der Waals surface area contributed by atoms with Gasteiger partial charge < -0.3 is 9.80 Å². The number of amides is 1. The Balaban J connectivity index is 2.07. The number of fused-ring (bicyclic) bond motifs is 3. The van der Waals surface area contributed by atoms with Gasteiger partial charge in [-0.1, -0.05) is 38.5 Å². The van der Waals surface area contributed by atoms with E-state index in [1.165, 1.54) is 11.1 Å². The first-order valence-corrected chi connectivity index (χ1v) is 7.92. The number of aryl methyl sites for hydroxylation is 1. The number of nitrogens with zero attached hydrogens (tertiary/aromatic N) is 2.